The minimum absolute atomic E-state index is 0.204. The molecule has 3 aromatic rings. The number of aromatic nitrogens is 1. The van der Waals surface area contributed by atoms with Crippen molar-refractivity contribution in [2.45, 2.75) is 25.8 Å². The van der Waals surface area contributed by atoms with Crippen LogP contribution in [0.15, 0.2) is 60.9 Å². The molecule has 4 rings (SSSR count). The molecular formula is C25H24Cl2N4O2. The Bertz CT molecular complexity index is 1150. The van der Waals surface area contributed by atoms with Crippen LogP contribution in [-0.2, 0) is 6.54 Å². The van der Waals surface area contributed by atoms with E-state index in [1.807, 2.05) is 24.3 Å². The second-order valence-electron chi connectivity index (χ2n) is 7.91. The first-order valence-corrected chi connectivity index (χ1v) is 11.6. The summed E-state index contributed by atoms with van der Waals surface area (Å²) < 4.78 is 0. The van der Waals surface area contributed by atoms with E-state index in [2.05, 4.69) is 20.5 Å². The number of anilines is 2. The summed E-state index contributed by atoms with van der Waals surface area (Å²) in [6.07, 6.45) is 6.79. The van der Waals surface area contributed by atoms with Crippen LogP contribution < -0.4 is 15.5 Å². The highest BCUT2D eigenvalue weighted by molar-refractivity contribution is 6.42. The monoisotopic (exact) mass is 482 g/mol. The highest BCUT2D eigenvalue weighted by atomic mass is 35.5. The van der Waals surface area contributed by atoms with Crippen molar-refractivity contribution in [1.82, 2.24) is 10.3 Å². The molecule has 2 aromatic carbocycles. The number of rotatable bonds is 6. The van der Waals surface area contributed by atoms with Gasteiger partial charge in [0, 0.05) is 49.0 Å². The van der Waals surface area contributed by atoms with Crippen LogP contribution in [0.2, 0.25) is 10.0 Å². The first-order chi connectivity index (χ1) is 16.0. The second kappa shape index (κ2) is 10.7. The fourth-order valence-electron chi connectivity index (χ4n) is 3.83. The predicted molar refractivity (Wildman–Crippen MR) is 132 cm³/mol. The smallest absolute Gasteiger partial charge is 0.255 e. The number of pyridine rings is 1. The van der Waals surface area contributed by atoms with Crippen molar-refractivity contribution in [2.75, 3.05) is 23.3 Å². The molecule has 2 heterocycles. The maximum Gasteiger partial charge on any atom is 0.255 e. The third-order valence-electron chi connectivity index (χ3n) is 5.55. The van der Waals surface area contributed by atoms with Crippen molar-refractivity contribution in [3.63, 3.8) is 0 Å². The zero-order valence-electron chi connectivity index (χ0n) is 18.0. The molecule has 1 aromatic heterocycles. The van der Waals surface area contributed by atoms with Gasteiger partial charge in [-0.3, -0.25) is 14.6 Å². The van der Waals surface area contributed by atoms with E-state index >= 15 is 0 Å². The summed E-state index contributed by atoms with van der Waals surface area (Å²) in [6, 6.07) is 13.9. The number of nitrogens with one attached hydrogen (secondary N) is 2. The molecule has 0 bridgehead atoms. The van der Waals surface area contributed by atoms with Crippen LogP contribution in [0.25, 0.3) is 0 Å². The van der Waals surface area contributed by atoms with Gasteiger partial charge in [-0.05, 0) is 67.3 Å². The molecule has 33 heavy (non-hydrogen) atoms. The molecule has 0 aliphatic carbocycles. The summed E-state index contributed by atoms with van der Waals surface area (Å²) in [5.41, 5.74) is 3.21. The lowest BCUT2D eigenvalue weighted by Crippen LogP contribution is -2.32. The maximum atomic E-state index is 13.2. The molecule has 0 spiro atoms. The number of hydrogen-bond acceptors (Lipinski definition) is 4. The number of hydrogen-bond donors (Lipinski definition) is 2. The van der Waals surface area contributed by atoms with E-state index < -0.39 is 0 Å². The van der Waals surface area contributed by atoms with Gasteiger partial charge in [-0.1, -0.05) is 29.3 Å². The lowest BCUT2D eigenvalue weighted by Gasteiger charge is -2.30. The van der Waals surface area contributed by atoms with E-state index in [-0.39, 0.29) is 11.8 Å². The standard InChI is InChI=1S/C25H24Cl2N4O2/c26-21-8-6-18(13-22(21)27)24(32)30-19-7-9-23(31-11-2-1-3-12-31)20(14-19)25(33)29-16-17-5-4-10-28-15-17/h4-10,13-15H,1-3,11-12,16H2,(H,29,33)(H,30,32). The summed E-state index contributed by atoms with van der Waals surface area (Å²) in [5, 5.41) is 6.51. The topological polar surface area (TPSA) is 74.3 Å². The van der Waals surface area contributed by atoms with E-state index in [1.54, 1.807) is 30.6 Å². The molecule has 170 valence electrons. The van der Waals surface area contributed by atoms with E-state index in [0.717, 1.165) is 37.2 Å². The Morgan fingerprint density at radius 1 is 0.939 bits per heavy atom. The molecule has 1 fully saturated rings. The summed E-state index contributed by atoms with van der Waals surface area (Å²) in [5.74, 6) is -0.536. The van der Waals surface area contributed by atoms with Gasteiger partial charge in [-0.2, -0.15) is 0 Å². The zero-order chi connectivity index (χ0) is 23.2. The minimum Gasteiger partial charge on any atom is -0.371 e. The van der Waals surface area contributed by atoms with Gasteiger partial charge < -0.3 is 15.5 Å². The molecule has 0 radical (unpaired) electrons. The molecule has 1 saturated heterocycles. The van der Waals surface area contributed by atoms with Gasteiger partial charge in [0.05, 0.1) is 15.6 Å². The van der Waals surface area contributed by atoms with E-state index in [4.69, 9.17) is 23.2 Å². The SMILES string of the molecule is O=C(Nc1ccc(N2CCCCC2)c(C(=O)NCc2cccnc2)c1)c1ccc(Cl)c(Cl)c1. The molecule has 0 atom stereocenters. The Morgan fingerprint density at radius 3 is 2.48 bits per heavy atom. The number of amides is 2. The Hall–Kier alpha value is -3.09. The third kappa shape index (κ3) is 5.83. The Morgan fingerprint density at radius 2 is 1.76 bits per heavy atom. The first kappa shape index (κ1) is 23.1. The van der Waals surface area contributed by atoms with E-state index in [9.17, 15) is 9.59 Å². The molecule has 1 aliphatic heterocycles. The molecule has 6 nitrogen and oxygen atoms in total. The number of piperidine rings is 1. The van der Waals surface area contributed by atoms with Gasteiger partial charge in [0.15, 0.2) is 0 Å². The number of carbonyl (C=O) groups excluding carboxylic acids is 2. The van der Waals surface area contributed by atoms with Gasteiger partial charge in [-0.15, -0.1) is 0 Å². The summed E-state index contributed by atoms with van der Waals surface area (Å²) in [7, 11) is 0. The molecule has 1 aliphatic rings. The average Bonchev–Trinajstić information content (AvgIpc) is 2.85. The van der Waals surface area contributed by atoms with Crippen LogP contribution in [0.4, 0.5) is 11.4 Å². The molecular weight excluding hydrogens is 459 g/mol. The van der Waals surface area contributed by atoms with Crippen LogP contribution in [0, 0.1) is 0 Å². The average molecular weight is 483 g/mol. The number of benzene rings is 2. The van der Waals surface area contributed by atoms with E-state index in [1.165, 1.54) is 12.5 Å². The highest BCUT2D eigenvalue weighted by Crippen LogP contribution is 2.28. The predicted octanol–water partition coefficient (Wildman–Crippen LogP) is 5.56. The van der Waals surface area contributed by atoms with Crippen molar-refractivity contribution >= 4 is 46.4 Å². The quantitative estimate of drug-likeness (QED) is 0.482. The highest BCUT2D eigenvalue weighted by Gasteiger charge is 2.20. The summed E-state index contributed by atoms with van der Waals surface area (Å²) in [6.45, 7) is 2.17. The Labute approximate surface area is 202 Å². The summed E-state index contributed by atoms with van der Waals surface area (Å²) >= 11 is 12.0. The molecule has 8 heteroatoms. The van der Waals surface area contributed by atoms with Crippen LogP contribution in [-0.4, -0.2) is 29.9 Å². The minimum atomic E-state index is -0.332. The van der Waals surface area contributed by atoms with Crippen molar-refractivity contribution in [2.24, 2.45) is 0 Å². The van der Waals surface area contributed by atoms with Crippen molar-refractivity contribution < 1.29 is 9.59 Å². The van der Waals surface area contributed by atoms with Gasteiger partial charge >= 0.3 is 0 Å². The van der Waals surface area contributed by atoms with Crippen molar-refractivity contribution in [3.8, 4) is 0 Å². The van der Waals surface area contributed by atoms with Gasteiger partial charge in [-0.25, -0.2) is 0 Å². The third-order valence-corrected chi connectivity index (χ3v) is 6.29. The van der Waals surface area contributed by atoms with Crippen LogP contribution in [0.3, 0.4) is 0 Å². The molecule has 0 unspecified atom stereocenters. The van der Waals surface area contributed by atoms with Gasteiger partial charge in [0.2, 0.25) is 0 Å². The first-order valence-electron chi connectivity index (χ1n) is 10.8. The second-order valence-corrected chi connectivity index (χ2v) is 8.72. The normalized spacial score (nSPS) is 13.5. The largest absolute Gasteiger partial charge is 0.371 e. The van der Waals surface area contributed by atoms with E-state index in [0.29, 0.717) is 33.4 Å². The van der Waals surface area contributed by atoms with Crippen LogP contribution >= 0.6 is 23.2 Å². The maximum absolute atomic E-state index is 13.2. The van der Waals surface area contributed by atoms with Crippen LogP contribution in [0.5, 0.6) is 0 Å². The lowest BCUT2D eigenvalue weighted by molar-refractivity contribution is 0.0950. The Kier molecular flexibility index (Phi) is 7.47. The van der Waals surface area contributed by atoms with Crippen molar-refractivity contribution in [3.05, 3.63) is 87.7 Å². The lowest BCUT2D eigenvalue weighted by atomic mass is 10.1. The fourth-order valence-corrected chi connectivity index (χ4v) is 4.13. The molecule has 2 amide bonds. The summed E-state index contributed by atoms with van der Waals surface area (Å²) in [4.78, 5) is 32.2. The Balaban J connectivity index is 1.57. The van der Waals surface area contributed by atoms with Crippen molar-refractivity contribution in [1.29, 1.82) is 0 Å². The zero-order valence-corrected chi connectivity index (χ0v) is 19.5. The number of nitrogens with zero attached hydrogens (tertiary/aromatic N) is 2. The number of halogens is 2. The molecule has 2 N–H and O–H groups in total. The van der Waals surface area contributed by atoms with Gasteiger partial charge in [0.25, 0.3) is 11.8 Å². The number of carbonyl (C=O) groups is 2. The molecule has 0 saturated carbocycles. The fraction of sp³-hybridized carbons (Fsp3) is 0.240. The van der Waals surface area contributed by atoms with Crippen LogP contribution in [0.1, 0.15) is 45.5 Å². The van der Waals surface area contributed by atoms with Gasteiger partial charge in [0.1, 0.15) is 0 Å².